The number of hydrogen-bond acceptors (Lipinski definition) is 3. The lowest BCUT2D eigenvalue weighted by Crippen LogP contribution is -2.22. The second-order valence-electron chi connectivity index (χ2n) is 6.09. The van der Waals surface area contributed by atoms with Crippen LogP contribution in [-0.2, 0) is 4.79 Å². The first-order chi connectivity index (χ1) is 11.8. The highest BCUT2D eigenvalue weighted by atomic mass is 35.5. The molecule has 1 aromatic rings. The molecule has 0 bridgehead atoms. The maximum Gasteiger partial charge on any atom is 0.286 e. The summed E-state index contributed by atoms with van der Waals surface area (Å²) in [6.45, 7) is 3.98. The van der Waals surface area contributed by atoms with Gasteiger partial charge in [0.2, 0.25) is 0 Å². The smallest absolute Gasteiger partial charge is 0.286 e. The number of halogens is 4. The lowest BCUT2D eigenvalue weighted by atomic mass is 10.1. The summed E-state index contributed by atoms with van der Waals surface area (Å²) in [6.07, 6.45) is 8.07. The molecule has 3 nitrogen and oxygen atoms in total. The molecule has 25 heavy (non-hydrogen) atoms. The molecule has 0 saturated heterocycles. The van der Waals surface area contributed by atoms with Gasteiger partial charge in [-0.15, -0.1) is 5.11 Å². The Kier molecular flexibility index (Phi) is 10.3. The number of alkyl halides is 2. The van der Waals surface area contributed by atoms with Gasteiger partial charge in [-0.3, -0.25) is 4.79 Å². The summed E-state index contributed by atoms with van der Waals surface area (Å²) in [5.41, 5.74) is 1.13. The van der Waals surface area contributed by atoms with Crippen molar-refractivity contribution in [3.8, 4) is 0 Å². The Balaban J connectivity index is 2.52. The number of unbranched alkanes of at least 4 members (excludes halogenated alkanes) is 6. The van der Waals surface area contributed by atoms with Crippen LogP contribution in [0.3, 0.4) is 0 Å². The van der Waals surface area contributed by atoms with E-state index >= 15 is 0 Å². The van der Waals surface area contributed by atoms with Crippen LogP contribution in [-0.4, -0.2) is 10.2 Å². The second-order valence-corrected chi connectivity index (χ2v) is 8.22. The molecule has 0 heterocycles. The van der Waals surface area contributed by atoms with Gasteiger partial charge in [-0.25, -0.2) is 0 Å². The van der Waals surface area contributed by atoms with Crippen molar-refractivity contribution >= 4 is 57.9 Å². The highest BCUT2D eigenvalue weighted by Gasteiger charge is 2.33. The first-order valence-electron chi connectivity index (χ1n) is 8.57. The van der Waals surface area contributed by atoms with Crippen molar-refractivity contribution in [2.24, 2.45) is 10.2 Å². The second kappa shape index (κ2) is 11.4. The van der Waals surface area contributed by atoms with Gasteiger partial charge in [-0.1, -0.05) is 91.9 Å². The minimum Gasteiger partial charge on any atom is -0.294 e. The standard InChI is InChI=1S/C18H24Cl4N2O/c1-3-4-5-6-7-8-9-10-16(25)18(21,22)24-23-17-13(2)11-14(19)12-15(17)20/h11-12H,3-10H2,1-2H3/b24-23+. The van der Waals surface area contributed by atoms with Crippen molar-refractivity contribution in [1.82, 2.24) is 0 Å². The van der Waals surface area contributed by atoms with Gasteiger partial charge >= 0.3 is 0 Å². The highest BCUT2D eigenvalue weighted by molar-refractivity contribution is 6.58. The molecule has 0 aliphatic rings. The normalized spacial score (nSPS) is 12.1. The molecule has 0 aliphatic heterocycles. The van der Waals surface area contributed by atoms with Gasteiger partial charge in [-0.05, 0) is 31.0 Å². The van der Waals surface area contributed by atoms with E-state index in [4.69, 9.17) is 46.4 Å². The van der Waals surface area contributed by atoms with E-state index in [0.717, 1.165) is 24.8 Å². The third-order valence-electron chi connectivity index (χ3n) is 3.84. The fourth-order valence-electron chi connectivity index (χ4n) is 2.38. The van der Waals surface area contributed by atoms with Crippen LogP contribution in [0.15, 0.2) is 22.4 Å². The molecule has 0 saturated carbocycles. The third kappa shape index (κ3) is 8.25. The largest absolute Gasteiger partial charge is 0.294 e. The predicted molar refractivity (Wildman–Crippen MR) is 108 cm³/mol. The molecule has 0 radical (unpaired) electrons. The first-order valence-corrected chi connectivity index (χ1v) is 10.1. The minimum atomic E-state index is -1.89. The van der Waals surface area contributed by atoms with E-state index in [-0.39, 0.29) is 12.2 Å². The van der Waals surface area contributed by atoms with Gasteiger partial charge in [0.25, 0.3) is 4.46 Å². The lowest BCUT2D eigenvalue weighted by Gasteiger charge is -2.12. The zero-order valence-electron chi connectivity index (χ0n) is 14.6. The number of aryl methyl sites for hydroxylation is 1. The van der Waals surface area contributed by atoms with E-state index < -0.39 is 4.46 Å². The number of Topliss-reactive ketones (excluding diaryl/α,β-unsaturated/α-hetero) is 1. The Labute approximate surface area is 170 Å². The van der Waals surface area contributed by atoms with E-state index in [1.165, 1.54) is 25.7 Å². The fraction of sp³-hybridized carbons (Fsp3) is 0.611. The average Bonchev–Trinajstić information content (AvgIpc) is 2.52. The summed E-state index contributed by atoms with van der Waals surface area (Å²) in [4.78, 5) is 12.2. The molecule has 0 spiro atoms. The van der Waals surface area contributed by atoms with E-state index in [9.17, 15) is 4.79 Å². The maximum absolute atomic E-state index is 12.2. The molecule has 140 valence electrons. The molecule has 0 N–H and O–H groups in total. The average molecular weight is 426 g/mol. The van der Waals surface area contributed by atoms with Crippen molar-refractivity contribution in [3.63, 3.8) is 0 Å². The minimum absolute atomic E-state index is 0.285. The summed E-state index contributed by atoms with van der Waals surface area (Å²) in [5.74, 6) is -0.351. The van der Waals surface area contributed by atoms with Gasteiger partial charge in [0.05, 0.1) is 5.02 Å². The van der Waals surface area contributed by atoms with E-state index in [2.05, 4.69) is 17.2 Å². The van der Waals surface area contributed by atoms with Gasteiger partial charge in [-0.2, -0.15) is 5.11 Å². The molecule has 0 amide bonds. The summed E-state index contributed by atoms with van der Waals surface area (Å²) in [7, 11) is 0. The van der Waals surface area contributed by atoms with Crippen LogP contribution in [0.1, 0.15) is 63.9 Å². The number of nitrogens with zero attached hydrogens (tertiary/aromatic N) is 2. The van der Waals surface area contributed by atoms with Crippen molar-refractivity contribution in [1.29, 1.82) is 0 Å². The Morgan fingerprint density at radius 3 is 2.24 bits per heavy atom. The molecule has 0 atom stereocenters. The molecular weight excluding hydrogens is 402 g/mol. The number of ketones is 1. The van der Waals surface area contributed by atoms with Gasteiger partial charge in [0, 0.05) is 11.4 Å². The molecule has 0 unspecified atom stereocenters. The number of carbonyl (C=O) groups excluding carboxylic acids is 1. The summed E-state index contributed by atoms with van der Waals surface area (Å²) < 4.78 is -1.89. The topological polar surface area (TPSA) is 41.8 Å². The number of azo groups is 1. The van der Waals surface area contributed by atoms with Crippen LogP contribution < -0.4 is 0 Å². The molecule has 1 rings (SSSR count). The fourth-order valence-corrected chi connectivity index (χ4v) is 3.28. The number of rotatable bonds is 11. The van der Waals surface area contributed by atoms with E-state index in [1.54, 1.807) is 19.1 Å². The Morgan fingerprint density at radius 1 is 1.04 bits per heavy atom. The van der Waals surface area contributed by atoms with Crippen molar-refractivity contribution < 1.29 is 4.79 Å². The van der Waals surface area contributed by atoms with Crippen LogP contribution in [0, 0.1) is 6.92 Å². The monoisotopic (exact) mass is 424 g/mol. The van der Waals surface area contributed by atoms with Gasteiger partial charge in [0.15, 0.2) is 5.78 Å². The van der Waals surface area contributed by atoms with Crippen LogP contribution in [0.25, 0.3) is 0 Å². The van der Waals surface area contributed by atoms with Crippen molar-refractivity contribution in [2.75, 3.05) is 0 Å². The molecule has 0 aromatic heterocycles. The molecular formula is C18H24Cl4N2O. The Hall–Kier alpha value is -0.350. The van der Waals surface area contributed by atoms with Crippen LogP contribution >= 0.6 is 46.4 Å². The maximum atomic E-state index is 12.2. The number of benzene rings is 1. The number of hydrogen-bond donors (Lipinski definition) is 0. The molecule has 7 heteroatoms. The Bertz CT molecular complexity index is 580. The van der Waals surface area contributed by atoms with E-state index in [1.807, 2.05) is 0 Å². The molecule has 0 aliphatic carbocycles. The number of carbonyl (C=O) groups is 1. The summed E-state index contributed by atoms with van der Waals surface area (Å²) in [6, 6.07) is 3.25. The van der Waals surface area contributed by atoms with E-state index in [0.29, 0.717) is 15.7 Å². The zero-order chi connectivity index (χ0) is 18.9. The van der Waals surface area contributed by atoms with Crippen LogP contribution in [0.4, 0.5) is 5.69 Å². The van der Waals surface area contributed by atoms with Crippen molar-refractivity contribution in [3.05, 3.63) is 27.7 Å². The molecule has 0 fully saturated rings. The quantitative estimate of drug-likeness (QED) is 0.152. The SMILES string of the molecule is CCCCCCCCCC(=O)C(Cl)(Cl)/N=N/c1c(C)cc(Cl)cc1Cl. The van der Waals surface area contributed by atoms with Crippen molar-refractivity contribution in [2.45, 2.75) is 69.7 Å². The first kappa shape index (κ1) is 22.7. The highest BCUT2D eigenvalue weighted by Crippen LogP contribution is 2.35. The van der Waals surface area contributed by atoms with Crippen LogP contribution in [0.5, 0.6) is 0 Å². The lowest BCUT2D eigenvalue weighted by molar-refractivity contribution is -0.119. The zero-order valence-corrected chi connectivity index (χ0v) is 17.6. The summed E-state index contributed by atoms with van der Waals surface area (Å²) in [5, 5.41) is 8.59. The Morgan fingerprint density at radius 2 is 1.64 bits per heavy atom. The molecule has 1 aromatic carbocycles. The third-order valence-corrected chi connectivity index (χ3v) is 4.92. The van der Waals surface area contributed by atoms with Gasteiger partial charge in [0.1, 0.15) is 5.69 Å². The van der Waals surface area contributed by atoms with Gasteiger partial charge < -0.3 is 0 Å². The summed E-state index contributed by atoms with van der Waals surface area (Å²) >= 11 is 24.1. The predicted octanol–water partition coefficient (Wildman–Crippen LogP) is 8.23. The van der Waals surface area contributed by atoms with Crippen LogP contribution in [0.2, 0.25) is 10.0 Å².